The number of carboxylic acids is 1. The van der Waals surface area contributed by atoms with Crippen LogP contribution in [-0.2, 0) is 16.1 Å². The van der Waals surface area contributed by atoms with Crippen LogP contribution in [0.15, 0.2) is 22.7 Å². The van der Waals surface area contributed by atoms with E-state index in [1.807, 2.05) is 11.9 Å². The number of halogens is 1. The van der Waals surface area contributed by atoms with Gasteiger partial charge in [-0.05, 0) is 18.7 Å². The first kappa shape index (κ1) is 15.9. The maximum Gasteiger partial charge on any atom is 0.310 e. The number of nitro groups is 1. The molecule has 1 aromatic carbocycles. The van der Waals surface area contributed by atoms with Crippen molar-refractivity contribution in [1.82, 2.24) is 4.90 Å². The van der Waals surface area contributed by atoms with Gasteiger partial charge in [-0.1, -0.05) is 15.9 Å². The molecule has 0 spiro atoms. The van der Waals surface area contributed by atoms with E-state index in [2.05, 4.69) is 15.9 Å². The van der Waals surface area contributed by atoms with Crippen LogP contribution in [0.5, 0.6) is 0 Å². The van der Waals surface area contributed by atoms with Gasteiger partial charge in [0.1, 0.15) is 0 Å². The first-order valence-electron chi connectivity index (χ1n) is 6.33. The summed E-state index contributed by atoms with van der Waals surface area (Å²) in [6.45, 7) is 1.07. The van der Waals surface area contributed by atoms with E-state index in [9.17, 15) is 14.9 Å². The van der Waals surface area contributed by atoms with Gasteiger partial charge in [-0.25, -0.2) is 0 Å². The Labute approximate surface area is 129 Å². The van der Waals surface area contributed by atoms with E-state index >= 15 is 0 Å². The minimum absolute atomic E-state index is 0.0147. The number of aliphatic carboxylic acids is 1. The van der Waals surface area contributed by atoms with Crippen molar-refractivity contribution in [3.8, 4) is 0 Å². The van der Waals surface area contributed by atoms with Crippen LogP contribution in [0.2, 0.25) is 0 Å². The molecule has 1 heterocycles. The maximum atomic E-state index is 11.2. The molecule has 0 bridgehead atoms. The number of nitro benzene ring substituents is 1. The molecule has 2 unspecified atom stereocenters. The highest BCUT2D eigenvalue weighted by Crippen LogP contribution is 2.26. The molecule has 1 saturated heterocycles. The van der Waals surface area contributed by atoms with Gasteiger partial charge in [0.2, 0.25) is 0 Å². The van der Waals surface area contributed by atoms with Crippen molar-refractivity contribution in [2.45, 2.75) is 12.6 Å². The average molecular weight is 359 g/mol. The summed E-state index contributed by atoms with van der Waals surface area (Å²) in [5.74, 6) is -1.42. The van der Waals surface area contributed by atoms with Crippen LogP contribution in [0, 0.1) is 16.0 Å². The van der Waals surface area contributed by atoms with Crippen LogP contribution in [-0.4, -0.2) is 47.2 Å². The van der Waals surface area contributed by atoms with Crippen molar-refractivity contribution < 1.29 is 19.6 Å². The number of carboxylic acid groups (broad SMARTS) is 1. The maximum absolute atomic E-state index is 11.2. The van der Waals surface area contributed by atoms with Crippen LogP contribution < -0.4 is 0 Å². The third kappa shape index (κ3) is 3.58. The van der Waals surface area contributed by atoms with Crippen LogP contribution in [0.4, 0.5) is 5.69 Å². The molecule has 1 N–H and O–H groups in total. The predicted octanol–water partition coefficient (Wildman–Crippen LogP) is 1.89. The van der Waals surface area contributed by atoms with Crippen molar-refractivity contribution in [2.75, 3.05) is 20.3 Å². The van der Waals surface area contributed by atoms with E-state index in [0.29, 0.717) is 17.6 Å². The lowest BCUT2D eigenvalue weighted by atomic mass is 10.0. The van der Waals surface area contributed by atoms with Gasteiger partial charge in [0.25, 0.3) is 5.69 Å². The van der Waals surface area contributed by atoms with Crippen LogP contribution in [0.25, 0.3) is 0 Å². The molecule has 1 aliphatic rings. The van der Waals surface area contributed by atoms with Gasteiger partial charge < -0.3 is 9.84 Å². The molecule has 1 fully saturated rings. The van der Waals surface area contributed by atoms with Crippen molar-refractivity contribution in [2.24, 2.45) is 5.92 Å². The van der Waals surface area contributed by atoms with Crippen molar-refractivity contribution in [3.05, 3.63) is 38.3 Å². The summed E-state index contributed by atoms with van der Waals surface area (Å²) in [6, 6.07) is 4.35. The highest BCUT2D eigenvalue weighted by molar-refractivity contribution is 9.10. The Hall–Kier alpha value is -1.51. The van der Waals surface area contributed by atoms with E-state index in [-0.39, 0.29) is 18.3 Å². The quantitative estimate of drug-likeness (QED) is 0.638. The molecule has 0 aromatic heterocycles. The number of non-ortho nitro benzene ring substituents is 1. The smallest absolute Gasteiger partial charge is 0.310 e. The van der Waals surface area contributed by atoms with Crippen LogP contribution in [0.3, 0.4) is 0 Å². The van der Waals surface area contributed by atoms with E-state index in [1.165, 1.54) is 12.1 Å². The molecular formula is C13H15BrN2O5. The molecule has 0 saturated carbocycles. The third-order valence-electron chi connectivity index (χ3n) is 3.60. The Morgan fingerprint density at radius 1 is 1.57 bits per heavy atom. The molecule has 1 aromatic rings. The number of hydrogen-bond acceptors (Lipinski definition) is 5. The number of likely N-dealkylation sites (N-methyl/N-ethyl adjacent to an activating group) is 1. The third-order valence-corrected chi connectivity index (χ3v) is 4.34. The first-order valence-corrected chi connectivity index (χ1v) is 7.13. The molecule has 7 nitrogen and oxygen atoms in total. The predicted molar refractivity (Wildman–Crippen MR) is 78.0 cm³/mol. The van der Waals surface area contributed by atoms with Gasteiger partial charge in [0.15, 0.2) is 0 Å². The minimum Gasteiger partial charge on any atom is -0.481 e. The molecule has 0 amide bonds. The fraction of sp³-hybridized carbons (Fsp3) is 0.462. The number of rotatable bonds is 5. The zero-order valence-corrected chi connectivity index (χ0v) is 12.9. The Bertz CT molecular complexity index is 565. The zero-order chi connectivity index (χ0) is 15.6. The van der Waals surface area contributed by atoms with E-state index in [0.717, 1.165) is 5.56 Å². The number of ether oxygens (including phenoxy) is 1. The molecule has 2 rings (SSSR count). The molecule has 1 aliphatic heterocycles. The second kappa shape index (κ2) is 6.50. The second-order valence-electron chi connectivity index (χ2n) is 5.00. The summed E-state index contributed by atoms with van der Waals surface area (Å²) in [7, 11) is 1.82. The topological polar surface area (TPSA) is 92.9 Å². The summed E-state index contributed by atoms with van der Waals surface area (Å²) in [5.41, 5.74) is 0.875. The summed E-state index contributed by atoms with van der Waals surface area (Å²) in [6.07, 6.45) is 0. The SMILES string of the molecule is CN(Cc1ccc([N+](=O)[O-])cc1Br)C1COCC1C(=O)O. The summed E-state index contributed by atoms with van der Waals surface area (Å²) in [5, 5.41) is 19.9. The monoisotopic (exact) mass is 358 g/mol. The summed E-state index contributed by atoms with van der Waals surface area (Å²) < 4.78 is 5.88. The Kier molecular flexibility index (Phi) is 4.92. The zero-order valence-electron chi connectivity index (χ0n) is 11.4. The molecule has 0 radical (unpaired) electrons. The molecule has 114 valence electrons. The van der Waals surface area contributed by atoms with Gasteiger partial charge in [0, 0.05) is 29.2 Å². The normalized spacial score (nSPS) is 21.7. The van der Waals surface area contributed by atoms with E-state index in [4.69, 9.17) is 9.84 Å². The van der Waals surface area contributed by atoms with E-state index in [1.54, 1.807) is 6.07 Å². The van der Waals surface area contributed by atoms with Gasteiger partial charge in [-0.15, -0.1) is 0 Å². The molecule has 0 aliphatic carbocycles. The van der Waals surface area contributed by atoms with Crippen molar-refractivity contribution in [3.63, 3.8) is 0 Å². The lowest BCUT2D eigenvalue weighted by Gasteiger charge is -2.26. The largest absolute Gasteiger partial charge is 0.481 e. The van der Waals surface area contributed by atoms with Crippen molar-refractivity contribution in [1.29, 1.82) is 0 Å². The summed E-state index contributed by atoms with van der Waals surface area (Å²) >= 11 is 3.32. The Morgan fingerprint density at radius 2 is 2.29 bits per heavy atom. The van der Waals surface area contributed by atoms with Gasteiger partial charge in [0.05, 0.1) is 24.1 Å². The molecule has 2 atom stereocenters. The number of carbonyl (C=O) groups is 1. The lowest BCUT2D eigenvalue weighted by Crippen LogP contribution is -2.40. The summed E-state index contributed by atoms with van der Waals surface area (Å²) in [4.78, 5) is 23.3. The van der Waals surface area contributed by atoms with Gasteiger partial charge in [-0.2, -0.15) is 0 Å². The number of hydrogen-bond donors (Lipinski definition) is 1. The van der Waals surface area contributed by atoms with Gasteiger partial charge >= 0.3 is 5.97 Å². The van der Waals surface area contributed by atoms with Crippen LogP contribution >= 0.6 is 15.9 Å². The second-order valence-corrected chi connectivity index (χ2v) is 5.85. The van der Waals surface area contributed by atoms with Crippen LogP contribution in [0.1, 0.15) is 5.56 Å². The Morgan fingerprint density at radius 3 is 2.86 bits per heavy atom. The Balaban J connectivity index is 2.10. The molecule has 21 heavy (non-hydrogen) atoms. The average Bonchev–Trinajstić information content (AvgIpc) is 2.90. The molecule has 8 heteroatoms. The fourth-order valence-corrected chi connectivity index (χ4v) is 2.87. The highest BCUT2D eigenvalue weighted by Gasteiger charge is 2.36. The minimum atomic E-state index is -0.868. The van der Waals surface area contributed by atoms with Crippen molar-refractivity contribution >= 4 is 27.6 Å². The lowest BCUT2D eigenvalue weighted by molar-refractivity contribution is -0.384. The number of nitrogens with zero attached hydrogens (tertiary/aromatic N) is 2. The molecular weight excluding hydrogens is 344 g/mol. The van der Waals surface area contributed by atoms with Gasteiger partial charge in [-0.3, -0.25) is 19.8 Å². The highest BCUT2D eigenvalue weighted by atomic mass is 79.9. The first-order chi connectivity index (χ1) is 9.90. The van der Waals surface area contributed by atoms with E-state index < -0.39 is 16.8 Å². The number of benzene rings is 1. The fourth-order valence-electron chi connectivity index (χ4n) is 2.38. The standard InChI is InChI=1S/C13H15BrN2O5/c1-15(12-7-21-6-10(12)13(17)18)5-8-2-3-9(16(19)20)4-11(8)14/h2-4,10,12H,5-7H2,1H3,(H,17,18).